The SMILES string of the molecule is COc1cccc2c(CC(=O)O)c[nH]c12. The van der Waals surface area contributed by atoms with E-state index in [-0.39, 0.29) is 6.42 Å². The number of aromatic nitrogens is 1. The Kier molecular flexibility index (Phi) is 2.33. The summed E-state index contributed by atoms with van der Waals surface area (Å²) in [6.07, 6.45) is 1.73. The van der Waals surface area contributed by atoms with Gasteiger partial charge in [0, 0.05) is 11.6 Å². The highest BCUT2D eigenvalue weighted by atomic mass is 16.5. The highest BCUT2D eigenvalue weighted by molar-refractivity contribution is 5.90. The van der Waals surface area contributed by atoms with Crippen molar-refractivity contribution in [2.75, 3.05) is 7.11 Å². The molecule has 4 heteroatoms. The maximum Gasteiger partial charge on any atom is 0.307 e. The molecule has 1 heterocycles. The molecular weight excluding hydrogens is 194 g/mol. The van der Waals surface area contributed by atoms with Crippen LogP contribution < -0.4 is 4.74 Å². The molecule has 0 aliphatic carbocycles. The van der Waals surface area contributed by atoms with Crippen LogP contribution >= 0.6 is 0 Å². The summed E-state index contributed by atoms with van der Waals surface area (Å²) in [4.78, 5) is 13.6. The lowest BCUT2D eigenvalue weighted by Gasteiger charge is -2.01. The van der Waals surface area contributed by atoms with E-state index >= 15 is 0 Å². The van der Waals surface area contributed by atoms with Crippen LogP contribution in [0.4, 0.5) is 0 Å². The summed E-state index contributed by atoms with van der Waals surface area (Å²) in [6, 6.07) is 5.57. The first-order valence-corrected chi connectivity index (χ1v) is 4.57. The quantitative estimate of drug-likeness (QED) is 0.803. The van der Waals surface area contributed by atoms with Gasteiger partial charge in [0.2, 0.25) is 0 Å². The van der Waals surface area contributed by atoms with E-state index in [9.17, 15) is 4.79 Å². The van der Waals surface area contributed by atoms with Gasteiger partial charge in [-0.1, -0.05) is 12.1 Å². The molecule has 0 unspecified atom stereocenters. The van der Waals surface area contributed by atoms with E-state index in [0.717, 1.165) is 22.2 Å². The molecule has 2 N–H and O–H groups in total. The molecule has 0 aliphatic heterocycles. The minimum absolute atomic E-state index is 0.0210. The Morgan fingerprint density at radius 3 is 3.00 bits per heavy atom. The Hall–Kier alpha value is -1.97. The van der Waals surface area contributed by atoms with Crippen LogP contribution in [0.5, 0.6) is 5.75 Å². The first-order chi connectivity index (χ1) is 7.22. The van der Waals surface area contributed by atoms with Gasteiger partial charge in [0.05, 0.1) is 19.0 Å². The maximum atomic E-state index is 10.6. The Bertz CT molecular complexity index is 502. The third-order valence-electron chi connectivity index (χ3n) is 2.32. The van der Waals surface area contributed by atoms with Gasteiger partial charge in [-0.15, -0.1) is 0 Å². The summed E-state index contributed by atoms with van der Waals surface area (Å²) in [7, 11) is 1.59. The number of H-pyrrole nitrogens is 1. The van der Waals surface area contributed by atoms with Crippen molar-refractivity contribution in [3.8, 4) is 5.75 Å². The van der Waals surface area contributed by atoms with Crippen LogP contribution in [-0.2, 0) is 11.2 Å². The lowest BCUT2D eigenvalue weighted by molar-refractivity contribution is -0.136. The van der Waals surface area contributed by atoms with E-state index in [4.69, 9.17) is 9.84 Å². The number of aromatic amines is 1. The topological polar surface area (TPSA) is 62.3 Å². The summed E-state index contributed by atoms with van der Waals surface area (Å²) in [5.74, 6) is -0.108. The Morgan fingerprint density at radius 1 is 1.53 bits per heavy atom. The molecular formula is C11H11NO3. The number of carbonyl (C=O) groups is 1. The molecule has 0 saturated heterocycles. The smallest absolute Gasteiger partial charge is 0.307 e. The van der Waals surface area contributed by atoms with Gasteiger partial charge in [0.25, 0.3) is 0 Å². The summed E-state index contributed by atoms with van der Waals surface area (Å²) in [5, 5.41) is 9.63. The number of ether oxygens (including phenoxy) is 1. The van der Waals surface area contributed by atoms with Gasteiger partial charge in [-0.2, -0.15) is 0 Å². The van der Waals surface area contributed by atoms with Gasteiger partial charge in [-0.25, -0.2) is 0 Å². The first kappa shape index (κ1) is 9.58. The molecule has 2 rings (SSSR count). The predicted octanol–water partition coefficient (Wildman–Crippen LogP) is 1.80. The number of methoxy groups -OCH3 is 1. The number of benzene rings is 1. The fourth-order valence-corrected chi connectivity index (χ4v) is 1.66. The Morgan fingerprint density at radius 2 is 2.33 bits per heavy atom. The second kappa shape index (κ2) is 3.65. The Labute approximate surface area is 86.5 Å². The minimum Gasteiger partial charge on any atom is -0.495 e. The van der Waals surface area contributed by atoms with Crippen molar-refractivity contribution < 1.29 is 14.6 Å². The van der Waals surface area contributed by atoms with Crippen LogP contribution in [0.2, 0.25) is 0 Å². The molecule has 0 spiro atoms. The van der Waals surface area contributed by atoms with Crippen molar-refractivity contribution in [3.05, 3.63) is 30.0 Å². The number of carboxylic acid groups (broad SMARTS) is 1. The number of hydrogen-bond donors (Lipinski definition) is 2. The van der Waals surface area contributed by atoms with Crippen LogP contribution in [0.1, 0.15) is 5.56 Å². The molecule has 0 amide bonds. The summed E-state index contributed by atoms with van der Waals surface area (Å²) in [6.45, 7) is 0. The molecule has 0 aliphatic rings. The number of para-hydroxylation sites is 1. The number of nitrogens with one attached hydrogen (secondary N) is 1. The molecule has 0 saturated carbocycles. The van der Waals surface area contributed by atoms with Gasteiger partial charge in [-0.05, 0) is 11.6 Å². The van der Waals surface area contributed by atoms with E-state index in [1.165, 1.54) is 0 Å². The molecule has 1 aromatic carbocycles. The van der Waals surface area contributed by atoms with Crippen molar-refractivity contribution in [3.63, 3.8) is 0 Å². The summed E-state index contributed by atoms with van der Waals surface area (Å²) < 4.78 is 5.17. The van der Waals surface area contributed by atoms with Crippen LogP contribution in [-0.4, -0.2) is 23.2 Å². The highest BCUT2D eigenvalue weighted by Crippen LogP contribution is 2.26. The van der Waals surface area contributed by atoms with E-state index < -0.39 is 5.97 Å². The Balaban J connectivity index is 2.55. The number of rotatable bonds is 3. The molecule has 0 atom stereocenters. The van der Waals surface area contributed by atoms with Gasteiger partial charge in [-0.3, -0.25) is 4.79 Å². The van der Waals surface area contributed by atoms with Crippen molar-refractivity contribution in [1.82, 2.24) is 4.98 Å². The normalized spacial score (nSPS) is 10.5. The van der Waals surface area contributed by atoms with Crippen molar-refractivity contribution in [2.45, 2.75) is 6.42 Å². The highest BCUT2D eigenvalue weighted by Gasteiger charge is 2.09. The average molecular weight is 205 g/mol. The fraction of sp³-hybridized carbons (Fsp3) is 0.182. The van der Waals surface area contributed by atoms with Gasteiger partial charge >= 0.3 is 5.97 Å². The maximum absolute atomic E-state index is 10.6. The molecule has 4 nitrogen and oxygen atoms in total. The number of aliphatic carboxylic acids is 1. The molecule has 0 fully saturated rings. The number of hydrogen-bond acceptors (Lipinski definition) is 2. The molecule has 15 heavy (non-hydrogen) atoms. The first-order valence-electron chi connectivity index (χ1n) is 4.57. The zero-order valence-electron chi connectivity index (χ0n) is 8.28. The second-order valence-corrected chi connectivity index (χ2v) is 3.27. The third kappa shape index (κ3) is 1.66. The largest absolute Gasteiger partial charge is 0.495 e. The van der Waals surface area contributed by atoms with Crippen LogP contribution in [0, 0.1) is 0 Å². The van der Waals surface area contributed by atoms with E-state index in [0.29, 0.717) is 0 Å². The van der Waals surface area contributed by atoms with Crippen molar-refractivity contribution in [2.24, 2.45) is 0 Å². The van der Waals surface area contributed by atoms with E-state index in [1.54, 1.807) is 13.3 Å². The van der Waals surface area contributed by atoms with Gasteiger partial charge < -0.3 is 14.8 Å². The summed E-state index contributed by atoms with van der Waals surface area (Å²) >= 11 is 0. The fourth-order valence-electron chi connectivity index (χ4n) is 1.66. The average Bonchev–Trinajstić information content (AvgIpc) is 2.61. The van der Waals surface area contributed by atoms with Gasteiger partial charge in [0.1, 0.15) is 5.75 Å². The second-order valence-electron chi connectivity index (χ2n) is 3.27. The molecule has 0 radical (unpaired) electrons. The zero-order chi connectivity index (χ0) is 10.8. The van der Waals surface area contributed by atoms with Crippen LogP contribution in [0.3, 0.4) is 0 Å². The van der Waals surface area contributed by atoms with Crippen LogP contribution in [0.15, 0.2) is 24.4 Å². The molecule has 1 aromatic heterocycles. The number of fused-ring (bicyclic) bond motifs is 1. The monoisotopic (exact) mass is 205 g/mol. The standard InChI is InChI=1S/C11H11NO3/c1-15-9-4-2-3-8-7(5-10(13)14)6-12-11(8)9/h2-4,6,12H,5H2,1H3,(H,13,14). The predicted molar refractivity (Wildman–Crippen MR) is 56.2 cm³/mol. The lowest BCUT2D eigenvalue weighted by Crippen LogP contribution is -1.98. The lowest BCUT2D eigenvalue weighted by atomic mass is 10.1. The van der Waals surface area contributed by atoms with Gasteiger partial charge in [0.15, 0.2) is 0 Å². The number of carboxylic acids is 1. The van der Waals surface area contributed by atoms with E-state index in [1.807, 2.05) is 18.2 Å². The zero-order valence-corrected chi connectivity index (χ0v) is 8.28. The van der Waals surface area contributed by atoms with Crippen molar-refractivity contribution >= 4 is 16.9 Å². The van der Waals surface area contributed by atoms with Crippen LogP contribution in [0.25, 0.3) is 10.9 Å². The molecule has 0 bridgehead atoms. The molecule has 78 valence electrons. The third-order valence-corrected chi connectivity index (χ3v) is 2.32. The summed E-state index contributed by atoms with van der Waals surface area (Å²) in [5.41, 5.74) is 1.62. The van der Waals surface area contributed by atoms with Crippen molar-refractivity contribution in [1.29, 1.82) is 0 Å². The minimum atomic E-state index is -0.835. The molecule has 2 aromatic rings. The van der Waals surface area contributed by atoms with E-state index in [2.05, 4.69) is 4.98 Å².